The Balaban J connectivity index is 1.37. The van der Waals surface area contributed by atoms with Gasteiger partial charge in [-0.1, -0.05) is 37.1 Å². The fourth-order valence-electron chi connectivity index (χ4n) is 4.70. The molecule has 2 N–H and O–H groups in total. The smallest absolute Gasteiger partial charge is 0.303 e. The molecule has 0 radical (unpaired) electrons. The van der Waals surface area contributed by atoms with Gasteiger partial charge in [-0.2, -0.15) is 0 Å². The second-order valence-electron chi connectivity index (χ2n) is 9.32. The minimum atomic E-state index is -0.654. The fraction of sp³-hybridized carbons (Fsp3) is 0.667. The van der Waals surface area contributed by atoms with Crippen LogP contribution in [0.5, 0.6) is 0 Å². The number of aryl methyl sites for hydroxylation is 2. The van der Waals surface area contributed by atoms with Crippen LogP contribution in [0.1, 0.15) is 88.2 Å². The van der Waals surface area contributed by atoms with Crippen LogP contribution in [-0.2, 0) is 22.4 Å². The maximum absolute atomic E-state index is 11.0. The third-order valence-corrected chi connectivity index (χ3v) is 6.89. The van der Waals surface area contributed by atoms with Crippen LogP contribution in [0.2, 0.25) is 0 Å². The molecule has 4 nitrogen and oxygen atoms in total. The van der Waals surface area contributed by atoms with Gasteiger partial charge in [0.25, 0.3) is 0 Å². The van der Waals surface area contributed by atoms with E-state index >= 15 is 0 Å². The number of hydrogen-bond donors (Lipinski definition) is 2. The highest BCUT2D eigenvalue weighted by Gasteiger charge is 2.44. The quantitative estimate of drug-likeness (QED) is 0.407. The Morgan fingerprint density at radius 1 is 0.714 bits per heavy atom. The topological polar surface area (TPSA) is 74.6 Å². The maximum Gasteiger partial charge on any atom is 0.303 e. The Morgan fingerprint density at radius 3 is 1.43 bits per heavy atom. The van der Waals surface area contributed by atoms with Crippen LogP contribution >= 0.6 is 0 Å². The van der Waals surface area contributed by atoms with E-state index < -0.39 is 11.9 Å². The summed E-state index contributed by atoms with van der Waals surface area (Å²) < 4.78 is 0. The minimum Gasteiger partial charge on any atom is -0.481 e. The molecule has 0 bridgehead atoms. The lowest BCUT2D eigenvalue weighted by Gasteiger charge is -2.14. The van der Waals surface area contributed by atoms with Crippen molar-refractivity contribution in [2.24, 2.45) is 10.8 Å². The summed E-state index contributed by atoms with van der Waals surface area (Å²) in [7, 11) is 0. The van der Waals surface area contributed by atoms with Crippen molar-refractivity contribution < 1.29 is 19.8 Å². The molecule has 154 valence electrons. The average molecular weight is 387 g/mol. The number of carboxylic acid groups (broad SMARTS) is 2. The molecule has 1 aromatic carbocycles. The Hall–Kier alpha value is -1.84. The van der Waals surface area contributed by atoms with E-state index in [1.165, 1.54) is 11.1 Å². The molecule has 2 aliphatic rings. The molecule has 2 aliphatic carbocycles. The number of rotatable bonds is 14. The first kappa shape index (κ1) is 20.9. The van der Waals surface area contributed by atoms with Gasteiger partial charge in [0.1, 0.15) is 0 Å². The van der Waals surface area contributed by atoms with E-state index in [0.717, 1.165) is 77.0 Å². The molecule has 0 heterocycles. The second-order valence-corrected chi connectivity index (χ2v) is 9.32. The van der Waals surface area contributed by atoms with Gasteiger partial charge in [-0.25, -0.2) is 0 Å². The molecular formula is C24H34O4. The van der Waals surface area contributed by atoms with Crippen molar-refractivity contribution in [3.05, 3.63) is 35.4 Å². The maximum atomic E-state index is 11.0. The third-order valence-electron chi connectivity index (χ3n) is 6.89. The normalized spacial score (nSPS) is 18.6. The zero-order chi connectivity index (χ0) is 20.0. The van der Waals surface area contributed by atoms with Crippen LogP contribution in [0, 0.1) is 10.8 Å². The summed E-state index contributed by atoms with van der Waals surface area (Å²) in [5.41, 5.74) is 3.08. The fourth-order valence-corrected chi connectivity index (χ4v) is 4.70. The highest BCUT2D eigenvalue weighted by molar-refractivity contribution is 5.68. The molecule has 0 aromatic heterocycles. The Bertz CT molecular complexity index is 627. The van der Waals surface area contributed by atoms with E-state index in [1.807, 2.05) is 0 Å². The molecule has 2 saturated carbocycles. The Morgan fingerprint density at radius 2 is 1.11 bits per heavy atom. The van der Waals surface area contributed by atoms with Crippen LogP contribution in [0.25, 0.3) is 0 Å². The van der Waals surface area contributed by atoms with Crippen molar-refractivity contribution in [1.82, 2.24) is 0 Å². The molecule has 3 rings (SSSR count). The summed E-state index contributed by atoms with van der Waals surface area (Å²) in [5.74, 6) is -1.31. The molecule has 0 atom stereocenters. The number of carboxylic acids is 2. The van der Waals surface area contributed by atoms with Gasteiger partial charge in [-0.3, -0.25) is 9.59 Å². The second kappa shape index (κ2) is 9.11. The molecule has 0 aliphatic heterocycles. The molecule has 0 spiro atoms. The summed E-state index contributed by atoms with van der Waals surface area (Å²) in [6.45, 7) is 0. The number of benzene rings is 1. The summed E-state index contributed by atoms with van der Waals surface area (Å²) in [4.78, 5) is 21.9. The molecule has 0 amide bonds. The predicted octanol–water partition coefficient (Wildman–Crippen LogP) is 5.62. The van der Waals surface area contributed by atoms with E-state index in [4.69, 9.17) is 10.2 Å². The summed E-state index contributed by atoms with van der Waals surface area (Å²) in [5, 5.41) is 18.1. The van der Waals surface area contributed by atoms with Crippen molar-refractivity contribution in [2.75, 3.05) is 0 Å². The lowest BCUT2D eigenvalue weighted by atomic mass is 9.91. The van der Waals surface area contributed by atoms with Crippen LogP contribution in [0.15, 0.2) is 24.3 Å². The molecule has 28 heavy (non-hydrogen) atoms. The van der Waals surface area contributed by atoms with E-state index in [2.05, 4.69) is 24.3 Å². The van der Waals surface area contributed by atoms with Crippen molar-refractivity contribution >= 4 is 11.9 Å². The molecule has 0 unspecified atom stereocenters. The highest BCUT2D eigenvalue weighted by Crippen LogP contribution is 2.53. The summed E-state index contributed by atoms with van der Waals surface area (Å²) in [6, 6.07) is 8.67. The van der Waals surface area contributed by atoms with E-state index in [9.17, 15) is 9.59 Å². The van der Waals surface area contributed by atoms with Gasteiger partial charge in [0.15, 0.2) is 0 Å². The van der Waals surface area contributed by atoms with Crippen molar-refractivity contribution in [1.29, 1.82) is 0 Å². The lowest BCUT2D eigenvalue weighted by molar-refractivity contribution is -0.139. The molecule has 1 aromatic rings. The zero-order valence-corrected chi connectivity index (χ0v) is 16.9. The molecule has 2 fully saturated rings. The first-order valence-corrected chi connectivity index (χ1v) is 10.9. The van der Waals surface area contributed by atoms with Crippen molar-refractivity contribution in [3.63, 3.8) is 0 Å². The number of unbranched alkanes of at least 4 members (excludes halogenated alkanes) is 2. The highest BCUT2D eigenvalue weighted by atomic mass is 16.4. The number of carbonyl (C=O) groups is 2. The van der Waals surface area contributed by atoms with Crippen LogP contribution in [0.4, 0.5) is 0 Å². The van der Waals surface area contributed by atoms with Gasteiger partial charge < -0.3 is 10.2 Å². The van der Waals surface area contributed by atoms with Gasteiger partial charge in [0, 0.05) is 0 Å². The van der Waals surface area contributed by atoms with E-state index in [1.54, 1.807) is 0 Å². The van der Waals surface area contributed by atoms with Gasteiger partial charge >= 0.3 is 11.9 Å². The molecule has 4 heteroatoms. The van der Waals surface area contributed by atoms with Crippen molar-refractivity contribution in [3.8, 4) is 0 Å². The van der Waals surface area contributed by atoms with E-state index in [-0.39, 0.29) is 10.8 Å². The lowest BCUT2D eigenvalue weighted by Crippen LogP contribution is -2.08. The van der Waals surface area contributed by atoms with Crippen LogP contribution in [-0.4, -0.2) is 22.2 Å². The molecular weight excluding hydrogens is 352 g/mol. The monoisotopic (exact) mass is 386 g/mol. The van der Waals surface area contributed by atoms with E-state index in [0.29, 0.717) is 12.8 Å². The number of aliphatic carboxylic acids is 2. The predicted molar refractivity (Wildman–Crippen MR) is 109 cm³/mol. The Kier molecular flexibility index (Phi) is 6.79. The van der Waals surface area contributed by atoms with Gasteiger partial charge in [0.05, 0.1) is 12.8 Å². The van der Waals surface area contributed by atoms with Gasteiger partial charge in [-0.15, -0.1) is 0 Å². The Labute approximate surface area is 168 Å². The first-order chi connectivity index (χ1) is 13.4. The zero-order valence-electron chi connectivity index (χ0n) is 16.9. The standard InChI is InChI=1S/C24H34O4/c25-21(26)17-23(13-14-23)11-5-3-9-19-7-1-2-8-20(19)10-4-6-12-24(15-16-24)18-22(27)28/h1-2,7-8H,3-6,9-18H2,(H,25,26)(H,27,28). The summed E-state index contributed by atoms with van der Waals surface area (Å²) in [6.07, 6.45) is 13.7. The van der Waals surface area contributed by atoms with Crippen molar-refractivity contribution in [2.45, 2.75) is 89.9 Å². The van der Waals surface area contributed by atoms with Gasteiger partial charge in [0.2, 0.25) is 0 Å². The van der Waals surface area contributed by atoms with Gasteiger partial charge in [-0.05, 0) is 86.2 Å². The van der Waals surface area contributed by atoms with Crippen LogP contribution in [0.3, 0.4) is 0 Å². The number of hydrogen-bond acceptors (Lipinski definition) is 2. The first-order valence-electron chi connectivity index (χ1n) is 10.9. The largest absolute Gasteiger partial charge is 0.481 e. The SMILES string of the molecule is O=C(O)CC1(CCCCc2ccccc2CCCCC2(CC(=O)O)CC2)CC1. The third kappa shape index (κ3) is 6.35. The molecule has 0 saturated heterocycles. The van der Waals surface area contributed by atoms with Crippen LogP contribution < -0.4 is 0 Å². The minimum absolute atomic E-state index is 0.111. The summed E-state index contributed by atoms with van der Waals surface area (Å²) >= 11 is 0. The average Bonchev–Trinajstić information content (AvgIpc) is 3.55.